The number of carbonyl (C=O) groups is 2. The van der Waals surface area contributed by atoms with Gasteiger partial charge < -0.3 is 15.2 Å². The van der Waals surface area contributed by atoms with E-state index in [4.69, 9.17) is 21.4 Å². The summed E-state index contributed by atoms with van der Waals surface area (Å²) in [6.45, 7) is 1.77. The molecule has 0 heterocycles. The van der Waals surface area contributed by atoms with Gasteiger partial charge in [-0.15, -0.1) is 0 Å². The standard InChI is InChI=1S/C11H12ClNO4/c1-6-3-8(9(17-2)4-7(6)12)13-10(14)5-11(15)16/h3-4H,5H2,1-2H3,(H,13,14)(H,15,16). The van der Waals surface area contributed by atoms with Crippen molar-refractivity contribution in [3.63, 3.8) is 0 Å². The Hall–Kier alpha value is -1.75. The van der Waals surface area contributed by atoms with Gasteiger partial charge in [0.05, 0.1) is 12.8 Å². The Morgan fingerprint density at radius 3 is 2.65 bits per heavy atom. The van der Waals surface area contributed by atoms with Gasteiger partial charge in [0.15, 0.2) is 0 Å². The molecule has 0 fully saturated rings. The maximum Gasteiger partial charge on any atom is 0.312 e. The molecule has 0 aromatic heterocycles. The number of aryl methyl sites for hydroxylation is 1. The van der Waals surface area contributed by atoms with Crippen LogP contribution in [0.2, 0.25) is 5.02 Å². The molecule has 1 rings (SSSR count). The van der Waals surface area contributed by atoms with E-state index < -0.39 is 18.3 Å². The summed E-state index contributed by atoms with van der Waals surface area (Å²) in [5.74, 6) is -1.41. The van der Waals surface area contributed by atoms with Crippen molar-refractivity contribution in [3.05, 3.63) is 22.7 Å². The molecule has 2 N–H and O–H groups in total. The molecular formula is C11H12ClNO4. The summed E-state index contributed by atoms with van der Waals surface area (Å²) >= 11 is 5.90. The van der Waals surface area contributed by atoms with E-state index >= 15 is 0 Å². The summed E-state index contributed by atoms with van der Waals surface area (Å²) in [6.07, 6.45) is -0.592. The molecule has 5 nitrogen and oxygen atoms in total. The van der Waals surface area contributed by atoms with Crippen LogP contribution in [0, 0.1) is 6.92 Å². The number of ether oxygens (including phenoxy) is 1. The number of carbonyl (C=O) groups excluding carboxylic acids is 1. The molecule has 1 amide bonds. The number of anilines is 1. The summed E-state index contributed by atoms with van der Waals surface area (Å²) < 4.78 is 5.04. The molecule has 17 heavy (non-hydrogen) atoms. The fraction of sp³-hybridized carbons (Fsp3) is 0.273. The topological polar surface area (TPSA) is 75.6 Å². The van der Waals surface area contributed by atoms with Crippen LogP contribution in [0.3, 0.4) is 0 Å². The Balaban J connectivity index is 2.93. The first-order valence-corrected chi connectivity index (χ1v) is 5.17. The van der Waals surface area contributed by atoms with Gasteiger partial charge in [-0.2, -0.15) is 0 Å². The highest BCUT2D eigenvalue weighted by Gasteiger charge is 2.12. The molecular weight excluding hydrogens is 246 g/mol. The van der Waals surface area contributed by atoms with Crippen LogP contribution in [0.5, 0.6) is 5.75 Å². The molecule has 6 heteroatoms. The van der Waals surface area contributed by atoms with Crippen LogP contribution in [0.4, 0.5) is 5.69 Å². The van der Waals surface area contributed by atoms with E-state index in [0.29, 0.717) is 16.5 Å². The number of amides is 1. The lowest BCUT2D eigenvalue weighted by atomic mass is 10.2. The number of nitrogens with one attached hydrogen (secondary N) is 1. The third kappa shape index (κ3) is 3.64. The van der Waals surface area contributed by atoms with Gasteiger partial charge in [0.1, 0.15) is 12.2 Å². The average molecular weight is 258 g/mol. The first kappa shape index (κ1) is 13.3. The number of hydrogen-bond acceptors (Lipinski definition) is 3. The van der Waals surface area contributed by atoms with Gasteiger partial charge in [-0.25, -0.2) is 0 Å². The van der Waals surface area contributed by atoms with Crippen molar-refractivity contribution in [1.29, 1.82) is 0 Å². The lowest BCUT2D eigenvalue weighted by Crippen LogP contribution is -2.16. The highest BCUT2D eigenvalue weighted by atomic mass is 35.5. The van der Waals surface area contributed by atoms with E-state index in [2.05, 4.69) is 5.32 Å². The number of methoxy groups -OCH3 is 1. The highest BCUT2D eigenvalue weighted by Crippen LogP contribution is 2.30. The van der Waals surface area contributed by atoms with Crippen molar-refractivity contribution in [3.8, 4) is 5.75 Å². The molecule has 0 atom stereocenters. The van der Waals surface area contributed by atoms with E-state index in [9.17, 15) is 9.59 Å². The molecule has 0 aliphatic rings. The van der Waals surface area contributed by atoms with E-state index in [1.807, 2.05) is 0 Å². The Bertz CT molecular complexity index is 459. The van der Waals surface area contributed by atoms with Gasteiger partial charge >= 0.3 is 5.97 Å². The molecule has 1 aromatic rings. The maximum atomic E-state index is 11.3. The molecule has 1 aromatic carbocycles. The number of benzene rings is 1. The van der Waals surface area contributed by atoms with Gasteiger partial charge in [0.2, 0.25) is 5.91 Å². The van der Waals surface area contributed by atoms with E-state index in [-0.39, 0.29) is 0 Å². The number of carboxylic acids is 1. The van der Waals surface area contributed by atoms with E-state index in [1.54, 1.807) is 19.1 Å². The third-order valence-corrected chi connectivity index (χ3v) is 2.47. The zero-order valence-corrected chi connectivity index (χ0v) is 10.2. The molecule has 0 saturated heterocycles. The molecule has 0 radical (unpaired) electrons. The highest BCUT2D eigenvalue weighted by molar-refractivity contribution is 6.31. The van der Waals surface area contributed by atoms with Gasteiger partial charge in [0, 0.05) is 11.1 Å². The Morgan fingerprint density at radius 1 is 1.47 bits per heavy atom. The second-order valence-electron chi connectivity index (χ2n) is 3.42. The maximum absolute atomic E-state index is 11.3. The third-order valence-electron chi connectivity index (χ3n) is 2.07. The summed E-state index contributed by atoms with van der Waals surface area (Å²) in [6, 6.07) is 3.19. The van der Waals surface area contributed by atoms with Crippen LogP contribution in [0.25, 0.3) is 0 Å². The Morgan fingerprint density at radius 2 is 2.12 bits per heavy atom. The SMILES string of the molecule is COc1cc(Cl)c(C)cc1NC(=O)CC(=O)O. The van der Waals surface area contributed by atoms with Gasteiger partial charge in [-0.05, 0) is 18.6 Å². The second-order valence-corrected chi connectivity index (χ2v) is 3.83. The minimum atomic E-state index is -1.19. The first-order valence-electron chi connectivity index (χ1n) is 4.80. The largest absolute Gasteiger partial charge is 0.495 e. The fourth-order valence-electron chi connectivity index (χ4n) is 1.26. The van der Waals surface area contributed by atoms with Crippen molar-refractivity contribution in [2.24, 2.45) is 0 Å². The van der Waals surface area contributed by atoms with Crippen molar-refractivity contribution in [2.45, 2.75) is 13.3 Å². The zero-order valence-electron chi connectivity index (χ0n) is 9.41. The summed E-state index contributed by atoms with van der Waals surface area (Å²) in [7, 11) is 1.44. The molecule has 0 spiro atoms. The second kappa shape index (κ2) is 5.54. The predicted molar refractivity (Wildman–Crippen MR) is 63.6 cm³/mol. The number of carboxylic acid groups (broad SMARTS) is 1. The first-order chi connectivity index (χ1) is 7.93. The van der Waals surface area contributed by atoms with E-state index in [1.165, 1.54) is 7.11 Å². The van der Waals surface area contributed by atoms with Gasteiger partial charge in [-0.1, -0.05) is 11.6 Å². The monoisotopic (exact) mass is 257 g/mol. The molecule has 92 valence electrons. The van der Waals surface area contributed by atoms with Crippen LogP contribution in [-0.4, -0.2) is 24.1 Å². The quantitative estimate of drug-likeness (QED) is 0.810. The number of halogens is 1. The summed E-state index contributed by atoms with van der Waals surface area (Å²) in [5, 5.41) is 11.4. The number of rotatable bonds is 4. The van der Waals surface area contributed by atoms with Crippen molar-refractivity contribution < 1.29 is 19.4 Å². The van der Waals surface area contributed by atoms with Gasteiger partial charge in [0.25, 0.3) is 0 Å². The van der Waals surface area contributed by atoms with Crippen molar-refractivity contribution in [2.75, 3.05) is 12.4 Å². The molecule has 0 unspecified atom stereocenters. The molecule has 0 saturated carbocycles. The minimum Gasteiger partial charge on any atom is -0.495 e. The Labute approximate surface area is 103 Å². The normalized spacial score (nSPS) is 9.82. The lowest BCUT2D eigenvalue weighted by Gasteiger charge is -2.11. The van der Waals surface area contributed by atoms with Crippen LogP contribution >= 0.6 is 11.6 Å². The minimum absolute atomic E-state index is 0.388. The smallest absolute Gasteiger partial charge is 0.312 e. The van der Waals surface area contributed by atoms with Crippen LogP contribution in [0.15, 0.2) is 12.1 Å². The van der Waals surface area contributed by atoms with Gasteiger partial charge in [-0.3, -0.25) is 9.59 Å². The van der Waals surface area contributed by atoms with E-state index in [0.717, 1.165) is 5.56 Å². The molecule has 0 bridgehead atoms. The Kier molecular flexibility index (Phi) is 4.34. The summed E-state index contributed by atoms with van der Waals surface area (Å²) in [5.41, 5.74) is 1.17. The molecule has 0 aliphatic heterocycles. The average Bonchev–Trinajstić information content (AvgIpc) is 2.21. The van der Waals surface area contributed by atoms with Crippen LogP contribution in [-0.2, 0) is 9.59 Å². The predicted octanol–water partition coefficient (Wildman–Crippen LogP) is 2.07. The molecule has 0 aliphatic carbocycles. The lowest BCUT2D eigenvalue weighted by molar-refractivity contribution is -0.139. The zero-order chi connectivity index (χ0) is 13.0. The summed E-state index contributed by atoms with van der Waals surface area (Å²) in [4.78, 5) is 21.7. The number of aliphatic carboxylic acids is 1. The van der Waals surface area contributed by atoms with Crippen LogP contribution < -0.4 is 10.1 Å². The van der Waals surface area contributed by atoms with Crippen molar-refractivity contribution >= 4 is 29.2 Å². The fourth-order valence-corrected chi connectivity index (χ4v) is 1.42. The van der Waals surface area contributed by atoms with Crippen LogP contribution in [0.1, 0.15) is 12.0 Å². The van der Waals surface area contributed by atoms with Crippen molar-refractivity contribution in [1.82, 2.24) is 0 Å². The number of hydrogen-bond donors (Lipinski definition) is 2.